The van der Waals surface area contributed by atoms with Crippen LogP contribution in [-0.2, 0) is 14.3 Å². The quantitative estimate of drug-likeness (QED) is 0.372. The minimum absolute atomic E-state index is 0.428. The zero-order valence-corrected chi connectivity index (χ0v) is 12.1. The minimum atomic E-state index is 0.428. The summed E-state index contributed by atoms with van der Waals surface area (Å²) >= 11 is 3.39. The van der Waals surface area contributed by atoms with Gasteiger partial charge < -0.3 is 4.74 Å². The lowest BCUT2D eigenvalue weighted by molar-refractivity contribution is -0.107. The summed E-state index contributed by atoms with van der Waals surface area (Å²) in [4.78, 5) is 21.8. The normalized spacial score (nSPS) is 15.3. The Kier molecular flexibility index (Phi) is 7.65. The van der Waals surface area contributed by atoms with Crippen LogP contribution in [0.25, 0.3) is 0 Å². The number of unbranched alkanes of at least 4 members (excludes halogenated alkanes) is 3. The van der Waals surface area contributed by atoms with Crippen LogP contribution in [0.5, 0.6) is 0 Å². The zero-order chi connectivity index (χ0) is 13.2. The Bertz CT molecular complexity index is 345. The number of allylic oxidation sites excluding steroid dienone is 3. The van der Waals surface area contributed by atoms with E-state index < -0.39 is 0 Å². The summed E-state index contributed by atoms with van der Waals surface area (Å²) in [5.74, 6) is 0.582. The number of hydrogen-bond acceptors (Lipinski definition) is 3. The third-order valence-corrected chi connectivity index (χ3v) is 3.46. The minimum Gasteiger partial charge on any atom is -0.493 e. The molecule has 0 bridgehead atoms. The highest BCUT2D eigenvalue weighted by Gasteiger charge is 2.16. The number of rotatable bonds is 9. The first-order valence-electron chi connectivity index (χ1n) is 6.36. The Morgan fingerprint density at radius 3 is 2.61 bits per heavy atom. The van der Waals surface area contributed by atoms with Gasteiger partial charge in [0.25, 0.3) is 0 Å². The Balaban J connectivity index is 2.37. The fourth-order valence-corrected chi connectivity index (χ4v) is 2.28. The fraction of sp³-hybridized carbons (Fsp3) is 0.571. The van der Waals surface area contributed by atoms with Crippen LogP contribution < -0.4 is 0 Å². The first kappa shape index (κ1) is 15.2. The number of alkyl halides is 1. The average molecular weight is 315 g/mol. The number of halogens is 1. The van der Waals surface area contributed by atoms with Crippen LogP contribution in [0, 0.1) is 0 Å². The molecular weight excluding hydrogens is 296 g/mol. The maximum Gasteiger partial charge on any atom is 0.154 e. The highest BCUT2D eigenvalue weighted by Crippen LogP contribution is 2.23. The molecule has 0 heterocycles. The van der Waals surface area contributed by atoms with E-state index in [0.717, 1.165) is 37.2 Å². The van der Waals surface area contributed by atoms with Gasteiger partial charge in [-0.25, -0.2) is 0 Å². The van der Waals surface area contributed by atoms with Gasteiger partial charge in [-0.15, -0.1) is 0 Å². The molecule has 0 radical (unpaired) electrons. The molecule has 1 aliphatic rings. The van der Waals surface area contributed by atoms with Gasteiger partial charge in [-0.05, 0) is 31.8 Å². The summed E-state index contributed by atoms with van der Waals surface area (Å²) in [6, 6.07) is 0. The van der Waals surface area contributed by atoms with Gasteiger partial charge in [0.05, 0.1) is 12.2 Å². The summed E-state index contributed by atoms with van der Waals surface area (Å²) < 4.78 is 5.60. The monoisotopic (exact) mass is 314 g/mol. The van der Waals surface area contributed by atoms with E-state index in [9.17, 15) is 9.59 Å². The summed E-state index contributed by atoms with van der Waals surface area (Å²) in [5, 5.41) is 1.04. The third kappa shape index (κ3) is 4.77. The van der Waals surface area contributed by atoms with Gasteiger partial charge in [0.1, 0.15) is 12.0 Å². The largest absolute Gasteiger partial charge is 0.493 e. The van der Waals surface area contributed by atoms with Crippen LogP contribution in [0.3, 0.4) is 0 Å². The highest BCUT2D eigenvalue weighted by molar-refractivity contribution is 9.09. The molecule has 1 aliphatic carbocycles. The number of hydrogen-bond donors (Lipinski definition) is 0. The lowest BCUT2D eigenvalue weighted by atomic mass is 9.98. The summed E-state index contributed by atoms with van der Waals surface area (Å²) in [6.45, 7) is 0.609. The number of carbonyl (C=O) groups is 2. The maximum atomic E-state index is 11.0. The highest BCUT2D eigenvalue weighted by atomic mass is 79.9. The van der Waals surface area contributed by atoms with Crippen LogP contribution >= 0.6 is 15.9 Å². The maximum absolute atomic E-state index is 11.0. The lowest BCUT2D eigenvalue weighted by Gasteiger charge is -2.16. The van der Waals surface area contributed by atoms with Crippen molar-refractivity contribution in [3.05, 3.63) is 23.0 Å². The van der Waals surface area contributed by atoms with Crippen molar-refractivity contribution >= 4 is 28.5 Å². The van der Waals surface area contributed by atoms with Crippen LogP contribution in [0.1, 0.15) is 38.5 Å². The lowest BCUT2D eigenvalue weighted by Crippen LogP contribution is -2.07. The Morgan fingerprint density at radius 1 is 1.17 bits per heavy atom. The molecule has 0 unspecified atom stereocenters. The molecule has 0 saturated carbocycles. The van der Waals surface area contributed by atoms with Crippen LogP contribution in [0.4, 0.5) is 0 Å². The molecule has 0 atom stereocenters. The van der Waals surface area contributed by atoms with E-state index in [0.29, 0.717) is 29.9 Å². The molecule has 0 spiro atoms. The molecule has 0 aliphatic heterocycles. The molecule has 0 amide bonds. The molecule has 0 N–H and O–H groups in total. The van der Waals surface area contributed by atoms with Gasteiger partial charge in [-0.1, -0.05) is 28.8 Å². The third-order valence-electron chi connectivity index (χ3n) is 2.90. The Morgan fingerprint density at radius 2 is 1.94 bits per heavy atom. The second-order valence-corrected chi connectivity index (χ2v) is 5.03. The van der Waals surface area contributed by atoms with Gasteiger partial charge in [0.2, 0.25) is 0 Å². The molecular formula is C14H19BrO3. The van der Waals surface area contributed by atoms with Crippen LogP contribution in [0.15, 0.2) is 23.0 Å². The molecule has 0 aromatic heterocycles. The molecule has 4 heteroatoms. The van der Waals surface area contributed by atoms with E-state index in [-0.39, 0.29) is 0 Å². The molecule has 100 valence electrons. The Labute approximate surface area is 116 Å². The summed E-state index contributed by atoms with van der Waals surface area (Å²) in [5.41, 5.74) is 0.985. The number of carbonyl (C=O) groups excluding carboxylic acids is 2. The molecule has 1 rings (SSSR count). The van der Waals surface area contributed by atoms with Crippen molar-refractivity contribution in [1.29, 1.82) is 0 Å². The second-order valence-electron chi connectivity index (χ2n) is 4.23. The van der Waals surface area contributed by atoms with Crippen molar-refractivity contribution in [2.24, 2.45) is 0 Å². The average Bonchev–Trinajstić information content (AvgIpc) is 2.42. The molecule has 0 aromatic carbocycles. The van der Waals surface area contributed by atoms with E-state index in [1.165, 1.54) is 12.8 Å². The van der Waals surface area contributed by atoms with Crippen molar-refractivity contribution in [2.45, 2.75) is 38.5 Å². The second kappa shape index (κ2) is 9.09. The van der Waals surface area contributed by atoms with Crippen molar-refractivity contribution in [1.82, 2.24) is 0 Å². The van der Waals surface area contributed by atoms with Crippen LogP contribution in [0.2, 0.25) is 0 Å². The summed E-state index contributed by atoms with van der Waals surface area (Å²) in [7, 11) is 0. The van der Waals surface area contributed by atoms with E-state index in [4.69, 9.17) is 4.74 Å². The first-order chi connectivity index (χ1) is 8.83. The van der Waals surface area contributed by atoms with Gasteiger partial charge in [-0.2, -0.15) is 0 Å². The molecule has 0 fully saturated rings. The molecule has 18 heavy (non-hydrogen) atoms. The molecule has 0 saturated heterocycles. The standard InChI is InChI=1S/C14H19BrO3/c15-8-3-1-2-4-9-18-14-7-5-6-12(10-16)13(14)11-17/h7,10-11H,1-6,8-9H2. The van der Waals surface area contributed by atoms with Crippen molar-refractivity contribution < 1.29 is 14.3 Å². The topological polar surface area (TPSA) is 43.4 Å². The number of ether oxygens (including phenoxy) is 1. The van der Waals surface area contributed by atoms with Crippen molar-refractivity contribution in [3.63, 3.8) is 0 Å². The van der Waals surface area contributed by atoms with Gasteiger partial charge in [-0.3, -0.25) is 9.59 Å². The predicted molar refractivity (Wildman–Crippen MR) is 74.7 cm³/mol. The van der Waals surface area contributed by atoms with Gasteiger partial charge in [0, 0.05) is 10.9 Å². The molecule has 0 aromatic rings. The number of aldehydes is 2. The van der Waals surface area contributed by atoms with Gasteiger partial charge in [0.15, 0.2) is 6.29 Å². The fourth-order valence-electron chi connectivity index (χ4n) is 1.89. The van der Waals surface area contributed by atoms with E-state index in [1.807, 2.05) is 6.08 Å². The van der Waals surface area contributed by atoms with Crippen molar-refractivity contribution in [2.75, 3.05) is 11.9 Å². The van der Waals surface area contributed by atoms with E-state index in [1.54, 1.807) is 0 Å². The van der Waals surface area contributed by atoms with Gasteiger partial charge >= 0.3 is 0 Å². The summed E-state index contributed by atoms with van der Waals surface area (Å²) in [6.07, 6.45) is 9.25. The van der Waals surface area contributed by atoms with Crippen molar-refractivity contribution in [3.8, 4) is 0 Å². The Hall–Kier alpha value is -0.900. The SMILES string of the molecule is O=CC1=C(C=O)C(OCCCCCCBr)=CCC1. The first-order valence-corrected chi connectivity index (χ1v) is 7.48. The van der Waals surface area contributed by atoms with E-state index in [2.05, 4.69) is 15.9 Å². The zero-order valence-electron chi connectivity index (χ0n) is 10.5. The van der Waals surface area contributed by atoms with E-state index >= 15 is 0 Å². The predicted octanol–water partition coefficient (Wildman–Crippen LogP) is 3.33. The molecule has 3 nitrogen and oxygen atoms in total. The van der Waals surface area contributed by atoms with Crippen LogP contribution in [-0.4, -0.2) is 24.5 Å². The smallest absolute Gasteiger partial charge is 0.154 e.